The van der Waals surface area contributed by atoms with Gasteiger partial charge in [0.25, 0.3) is 0 Å². The van der Waals surface area contributed by atoms with Crippen LogP contribution in [0, 0.1) is 11.8 Å². The van der Waals surface area contributed by atoms with Crippen molar-refractivity contribution in [3.63, 3.8) is 0 Å². The van der Waals surface area contributed by atoms with Gasteiger partial charge in [0.1, 0.15) is 0 Å². The van der Waals surface area contributed by atoms with Crippen molar-refractivity contribution in [2.24, 2.45) is 11.8 Å². The van der Waals surface area contributed by atoms with E-state index in [9.17, 15) is 0 Å². The fraction of sp³-hybridized carbons (Fsp3) is 0.182. The van der Waals surface area contributed by atoms with Crippen molar-refractivity contribution in [1.29, 1.82) is 0 Å². The zero-order chi connectivity index (χ0) is 32.0. The van der Waals surface area contributed by atoms with E-state index in [2.05, 4.69) is 191 Å². The summed E-state index contributed by atoms with van der Waals surface area (Å²) in [4.78, 5) is 0. The Bertz CT molecular complexity index is 1640. The first kappa shape index (κ1) is 32.2. The van der Waals surface area contributed by atoms with Crippen molar-refractivity contribution in [3.8, 4) is 0 Å². The molecule has 1 unspecified atom stereocenters. The molecule has 0 amide bonds. The van der Waals surface area contributed by atoms with Crippen LogP contribution >= 0.6 is 22.5 Å². The van der Waals surface area contributed by atoms with E-state index in [0.29, 0.717) is 11.8 Å². The van der Waals surface area contributed by atoms with Crippen LogP contribution in [0.3, 0.4) is 0 Å². The summed E-state index contributed by atoms with van der Waals surface area (Å²) in [7, 11) is 1.34. The molecule has 3 heteroatoms. The van der Waals surface area contributed by atoms with Crippen LogP contribution in [0.15, 0.2) is 182 Å². The predicted octanol–water partition coefficient (Wildman–Crippen LogP) is 8.84. The molecule has 47 heavy (non-hydrogen) atoms. The summed E-state index contributed by atoms with van der Waals surface area (Å²) in [6.07, 6.45) is 4.77. The molecule has 1 aliphatic carbocycles. The average molecular weight is 669 g/mol. The van der Waals surface area contributed by atoms with Crippen molar-refractivity contribution in [2.45, 2.75) is 25.7 Å². The molecule has 6 aromatic carbocycles. The Morgan fingerprint density at radius 1 is 0.404 bits per heavy atom. The Labute approximate surface area is 285 Å². The van der Waals surface area contributed by atoms with Gasteiger partial charge in [0.05, 0.1) is 0 Å². The molecule has 7 rings (SSSR count). The van der Waals surface area contributed by atoms with E-state index in [1.165, 1.54) is 69.8 Å². The molecule has 0 radical (unpaired) electrons. The first-order chi connectivity index (χ1) is 23.1. The third-order valence-corrected chi connectivity index (χ3v) is 25.2. The van der Waals surface area contributed by atoms with Crippen molar-refractivity contribution in [2.75, 3.05) is 12.3 Å². The van der Waals surface area contributed by atoms with Crippen LogP contribution in [-0.4, -0.2) is 12.3 Å². The molecule has 0 nitrogen and oxygen atoms in total. The van der Waals surface area contributed by atoms with Gasteiger partial charge in [-0.3, -0.25) is 0 Å². The van der Waals surface area contributed by atoms with Crippen molar-refractivity contribution < 1.29 is 0 Å². The first-order valence-corrected chi connectivity index (χ1v) is 23.5. The van der Waals surface area contributed by atoms with E-state index in [1.807, 2.05) is 0 Å². The summed E-state index contributed by atoms with van der Waals surface area (Å²) >= 11 is 0. The molecule has 1 aliphatic rings. The second-order valence-electron chi connectivity index (χ2n) is 13.7. The molecule has 6 aromatic rings. The molecular formula is C44H47P3. The van der Waals surface area contributed by atoms with Gasteiger partial charge in [-0.1, -0.05) is 0 Å². The minimum absolute atomic E-state index is 0.670. The molecule has 1 fully saturated rings. The van der Waals surface area contributed by atoms with Crippen molar-refractivity contribution in [3.05, 3.63) is 182 Å². The standard InChI is InChI=1S/C44H47P3/c45-47(42-25-13-4-14-26-42,43-27-15-5-16-28-43,44-29-17-6-18-30-44)36-38-33-31-37(32-34-38)35-46(39-19-7-1-8-20-39,40-21-9-2-10-22-40)41-23-11-3-12-24-41/h1-30,37-38,46H,31-36,45H2/t37-,38-. The van der Waals surface area contributed by atoms with E-state index >= 15 is 0 Å². The fourth-order valence-electron chi connectivity index (χ4n) is 8.68. The molecular weight excluding hydrogens is 621 g/mol. The van der Waals surface area contributed by atoms with Gasteiger partial charge in [-0.15, -0.1) is 0 Å². The molecule has 0 bridgehead atoms. The minimum atomic E-state index is -2.84. The van der Waals surface area contributed by atoms with Gasteiger partial charge >= 0.3 is 286 Å². The molecule has 0 aliphatic heterocycles. The molecule has 238 valence electrons. The van der Waals surface area contributed by atoms with Crippen LogP contribution in [0.1, 0.15) is 25.7 Å². The maximum atomic E-state index is 3.59. The topological polar surface area (TPSA) is 0 Å². The van der Waals surface area contributed by atoms with Crippen molar-refractivity contribution >= 4 is 54.3 Å². The molecule has 0 saturated heterocycles. The summed E-state index contributed by atoms with van der Waals surface area (Å²) in [6.45, 7) is 0. The number of rotatable bonds is 10. The second-order valence-corrected chi connectivity index (χ2v) is 25.7. The van der Waals surface area contributed by atoms with Crippen molar-refractivity contribution in [1.82, 2.24) is 0 Å². The van der Waals surface area contributed by atoms with Crippen LogP contribution in [0.25, 0.3) is 0 Å². The first-order valence-electron chi connectivity index (χ1n) is 17.3. The Kier molecular flexibility index (Phi) is 9.58. The zero-order valence-corrected chi connectivity index (χ0v) is 30.3. The van der Waals surface area contributed by atoms with Gasteiger partial charge in [0, 0.05) is 0 Å². The number of hydrogen-bond donors (Lipinski definition) is 0. The van der Waals surface area contributed by atoms with Gasteiger partial charge in [-0.05, 0) is 0 Å². The molecule has 0 aromatic heterocycles. The van der Waals surface area contributed by atoms with Gasteiger partial charge in [-0.2, -0.15) is 0 Å². The van der Waals surface area contributed by atoms with E-state index in [-0.39, 0.29) is 0 Å². The van der Waals surface area contributed by atoms with Crippen LogP contribution in [0.5, 0.6) is 0 Å². The van der Waals surface area contributed by atoms with Gasteiger partial charge in [0.15, 0.2) is 0 Å². The molecule has 0 heterocycles. The molecule has 0 spiro atoms. The third-order valence-electron chi connectivity index (χ3n) is 11.0. The number of benzene rings is 6. The Morgan fingerprint density at radius 3 is 1.00 bits per heavy atom. The molecule has 1 saturated carbocycles. The van der Waals surface area contributed by atoms with Crippen LogP contribution in [-0.2, 0) is 0 Å². The fourth-order valence-corrected chi connectivity index (χ4v) is 21.9. The monoisotopic (exact) mass is 668 g/mol. The summed E-state index contributed by atoms with van der Waals surface area (Å²) in [5.74, 6) is 1.38. The van der Waals surface area contributed by atoms with Gasteiger partial charge in [0.2, 0.25) is 0 Å². The SMILES string of the molecule is PP(C[C@H]1CC[C@H](C[PH](c2ccccc2)(c2ccccc2)c2ccccc2)CC1)(c1ccccc1)(c1ccccc1)c1ccccc1. The summed E-state index contributed by atoms with van der Waals surface area (Å²) in [6, 6.07) is 68.8. The van der Waals surface area contributed by atoms with Gasteiger partial charge in [-0.25, -0.2) is 0 Å². The number of hydrogen-bond acceptors (Lipinski definition) is 0. The van der Waals surface area contributed by atoms with Crippen LogP contribution in [0.2, 0.25) is 0 Å². The molecule has 1 atom stereocenters. The summed E-state index contributed by atoms with van der Waals surface area (Å²) in [5.41, 5.74) is 0. The zero-order valence-electron chi connectivity index (χ0n) is 27.2. The Balaban J connectivity index is 1.24. The van der Waals surface area contributed by atoms with E-state index in [0.717, 1.165) is 0 Å². The Hall–Kier alpha value is -3.39. The van der Waals surface area contributed by atoms with Gasteiger partial charge < -0.3 is 0 Å². The average Bonchev–Trinajstić information content (AvgIpc) is 3.17. The normalized spacial score (nSPS) is 18.1. The van der Waals surface area contributed by atoms with E-state index in [1.54, 1.807) is 0 Å². The quantitative estimate of drug-likeness (QED) is 0.128. The maximum absolute atomic E-state index is 3.59. The van der Waals surface area contributed by atoms with E-state index in [4.69, 9.17) is 0 Å². The molecule has 0 N–H and O–H groups in total. The van der Waals surface area contributed by atoms with Crippen LogP contribution in [0.4, 0.5) is 0 Å². The van der Waals surface area contributed by atoms with Crippen LogP contribution < -0.4 is 31.8 Å². The Morgan fingerprint density at radius 2 is 0.681 bits per heavy atom. The second kappa shape index (κ2) is 14.0. The summed E-state index contributed by atoms with van der Waals surface area (Å²) < 4.78 is 0. The predicted molar refractivity (Wildman–Crippen MR) is 217 cm³/mol. The van der Waals surface area contributed by atoms with E-state index < -0.39 is 13.6 Å². The third kappa shape index (κ3) is 6.07. The summed E-state index contributed by atoms with van der Waals surface area (Å²) in [5, 5.41) is 9.04.